The molecule has 0 atom stereocenters. The summed E-state index contributed by atoms with van der Waals surface area (Å²) < 4.78 is 0. The number of benzene rings is 1. The molecule has 1 heterocycles. The van der Waals surface area contributed by atoms with Crippen LogP contribution in [0.2, 0.25) is 0 Å². The first-order valence-corrected chi connectivity index (χ1v) is 8.09. The van der Waals surface area contributed by atoms with Crippen LogP contribution >= 0.6 is 11.8 Å². The van der Waals surface area contributed by atoms with Gasteiger partial charge >= 0.3 is 0 Å². The Morgan fingerprint density at radius 2 is 1.86 bits per heavy atom. The molecular formula is C16H21N3OS. The first-order valence-electron chi connectivity index (χ1n) is 7.28. The molecule has 2 rings (SSSR count). The Morgan fingerprint density at radius 1 is 1.19 bits per heavy atom. The van der Waals surface area contributed by atoms with E-state index in [1.165, 1.54) is 17.4 Å². The van der Waals surface area contributed by atoms with Gasteiger partial charge in [0.25, 0.3) is 5.91 Å². The molecule has 112 valence electrons. The number of nitrogens with one attached hydrogen (secondary N) is 1. The van der Waals surface area contributed by atoms with Gasteiger partial charge in [0.2, 0.25) is 0 Å². The van der Waals surface area contributed by atoms with Crippen molar-refractivity contribution >= 4 is 34.6 Å². The van der Waals surface area contributed by atoms with Crippen LogP contribution in [0.25, 0.3) is 6.08 Å². The Balaban J connectivity index is 2.15. The van der Waals surface area contributed by atoms with Crippen molar-refractivity contribution in [2.24, 2.45) is 4.99 Å². The van der Waals surface area contributed by atoms with E-state index in [-0.39, 0.29) is 5.91 Å². The average Bonchev–Trinajstić information content (AvgIpc) is 2.82. The molecule has 1 aromatic rings. The highest BCUT2D eigenvalue weighted by molar-refractivity contribution is 8.18. The van der Waals surface area contributed by atoms with Crippen LogP contribution < -0.4 is 10.2 Å². The number of anilines is 1. The fraction of sp³-hybridized carbons (Fsp3) is 0.375. The number of rotatable bonds is 5. The van der Waals surface area contributed by atoms with Crippen molar-refractivity contribution in [2.45, 2.75) is 20.8 Å². The number of aliphatic imine (C=N–C) groups is 1. The van der Waals surface area contributed by atoms with E-state index in [0.717, 1.165) is 18.7 Å². The summed E-state index contributed by atoms with van der Waals surface area (Å²) in [6.45, 7) is 8.90. The minimum Gasteiger partial charge on any atom is -0.372 e. The lowest BCUT2D eigenvalue weighted by atomic mass is 10.2. The molecule has 1 amide bonds. The standard InChI is InChI=1S/C16H21N3OS/c1-4-17-16-18-15(20)14(21-16)11-12-7-9-13(10-8-12)19(5-2)6-3/h7-11H,4-6H2,1-3H3,(H,17,18,20)/b14-11-. The predicted octanol–water partition coefficient (Wildman–Crippen LogP) is 3.11. The van der Waals surface area contributed by atoms with Crippen LogP contribution in [0.1, 0.15) is 26.3 Å². The van der Waals surface area contributed by atoms with E-state index >= 15 is 0 Å². The van der Waals surface area contributed by atoms with Crippen molar-refractivity contribution in [3.63, 3.8) is 0 Å². The van der Waals surface area contributed by atoms with E-state index in [4.69, 9.17) is 0 Å². The number of carbonyl (C=O) groups excluding carboxylic acids is 1. The summed E-state index contributed by atoms with van der Waals surface area (Å²) >= 11 is 1.40. The summed E-state index contributed by atoms with van der Waals surface area (Å²) in [7, 11) is 0. The van der Waals surface area contributed by atoms with Gasteiger partial charge in [0.15, 0.2) is 5.17 Å². The molecule has 0 unspecified atom stereocenters. The van der Waals surface area contributed by atoms with Crippen molar-refractivity contribution in [1.29, 1.82) is 0 Å². The van der Waals surface area contributed by atoms with Crippen LogP contribution in [0, 0.1) is 0 Å². The number of hydrogen-bond acceptors (Lipinski definition) is 4. The second-order valence-corrected chi connectivity index (χ2v) is 5.64. The van der Waals surface area contributed by atoms with Crippen LogP contribution in [-0.4, -0.2) is 30.7 Å². The molecule has 4 nitrogen and oxygen atoms in total. The van der Waals surface area contributed by atoms with E-state index in [2.05, 4.69) is 41.2 Å². The quantitative estimate of drug-likeness (QED) is 0.850. The van der Waals surface area contributed by atoms with Gasteiger partial charge in [-0.1, -0.05) is 12.1 Å². The summed E-state index contributed by atoms with van der Waals surface area (Å²) in [6.07, 6.45) is 1.91. The highest BCUT2D eigenvalue weighted by Crippen LogP contribution is 2.26. The number of carbonyl (C=O) groups is 1. The minimum atomic E-state index is -0.0694. The summed E-state index contributed by atoms with van der Waals surface area (Å²) in [5.41, 5.74) is 2.24. The number of thioether (sulfide) groups is 1. The molecule has 0 spiro atoms. The third-order valence-electron chi connectivity index (χ3n) is 3.27. The van der Waals surface area contributed by atoms with Gasteiger partial charge in [-0.05, 0) is 56.3 Å². The summed E-state index contributed by atoms with van der Waals surface area (Å²) in [4.78, 5) is 19.1. The lowest BCUT2D eigenvalue weighted by molar-refractivity contribution is -0.115. The molecular weight excluding hydrogens is 282 g/mol. The molecule has 21 heavy (non-hydrogen) atoms. The molecule has 5 heteroatoms. The van der Waals surface area contributed by atoms with Crippen LogP contribution in [0.15, 0.2) is 34.2 Å². The van der Waals surface area contributed by atoms with Gasteiger partial charge in [-0.15, -0.1) is 0 Å². The molecule has 1 N–H and O–H groups in total. The number of hydrogen-bond donors (Lipinski definition) is 1. The van der Waals surface area contributed by atoms with E-state index in [9.17, 15) is 4.79 Å². The maximum absolute atomic E-state index is 11.8. The molecule has 1 aliphatic rings. The SMILES string of the molecule is CCN=C1NC(=O)/C(=C/c2ccc(N(CC)CC)cc2)S1. The minimum absolute atomic E-state index is 0.0694. The Labute approximate surface area is 130 Å². The zero-order valence-electron chi connectivity index (χ0n) is 12.7. The molecule has 1 aliphatic heterocycles. The zero-order chi connectivity index (χ0) is 15.2. The van der Waals surface area contributed by atoms with Crippen molar-refractivity contribution in [3.05, 3.63) is 34.7 Å². The third kappa shape index (κ3) is 3.88. The monoisotopic (exact) mass is 303 g/mol. The van der Waals surface area contributed by atoms with E-state index in [1.54, 1.807) is 0 Å². The largest absolute Gasteiger partial charge is 0.372 e. The highest BCUT2D eigenvalue weighted by Gasteiger charge is 2.23. The van der Waals surface area contributed by atoms with Crippen LogP contribution in [-0.2, 0) is 4.79 Å². The number of amidine groups is 1. The van der Waals surface area contributed by atoms with E-state index in [1.807, 2.05) is 25.1 Å². The van der Waals surface area contributed by atoms with Crippen LogP contribution in [0.5, 0.6) is 0 Å². The Kier molecular flexibility index (Phi) is 5.44. The first-order chi connectivity index (χ1) is 10.2. The zero-order valence-corrected chi connectivity index (χ0v) is 13.5. The molecule has 0 aromatic heterocycles. The second kappa shape index (κ2) is 7.31. The maximum atomic E-state index is 11.8. The molecule has 0 saturated carbocycles. The summed E-state index contributed by atoms with van der Waals surface area (Å²) in [5.74, 6) is -0.0694. The van der Waals surface area contributed by atoms with Crippen LogP contribution in [0.3, 0.4) is 0 Å². The van der Waals surface area contributed by atoms with Gasteiger partial charge in [0.1, 0.15) is 0 Å². The molecule has 1 fully saturated rings. The average molecular weight is 303 g/mol. The Hall–Kier alpha value is -1.75. The van der Waals surface area contributed by atoms with Crippen molar-refractivity contribution in [1.82, 2.24) is 5.32 Å². The Morgan fingerprint density at radius 3 is 2.43 bits per heavy atom. The fourth-order valence-electron chi connectivity index (χ4n) is 2.17. The first kappa shape index (κ1) is 15.6. The highest BCUT2D eigenvalue weighted by atomic mass is 32.2. The van der Waals surface area contributed by atoms with E-state index < -0.39 is 0 Å². The molecule has 0 aliphatic carbocycles. The maximum Gasteiger partial charge on any atom is 0.264 e. The van der Waals surface area contributed by atoms with Crippen molar-refractivity contribution in [3.8, 4) is 0 Å². The van der Waals surface area contributed by atoms with E-state index in [0.29, 0.717) is 16.6 Å². The summed E-state index contributed by atoms with van der Waals surface area (Å²) in [6, 6.07) is 8.28. The number of nitrogens with zero attached hydrogens (tertiary/aromatic N) is 2. The lowest BCUT2D eigenvalue weighted by Crippen LogP contribution is -2.21. The topological polar surface area (TPSA) is 44.7 Å². The Bertz CT molecular complexity index is 559. The van der Waals surface area contributed by atoms with Gasteiger partial charge in [-0.25, -0.2) is 0 Å². The van der Waals surface area contributed by atoms with Gasteiger partial charge in [-0.3, -0.25) is 9.79 Å². The third-order valence-corrected chi connectivity index (χ3v) is 4.22. The summed E-state index contributed by atoms with van der Waals surface area (Å²) in [5, 5.41) is 3.46. The molecule has 0 radical (unpaired) electrons. The predicted molar refractivity (Wildman–Crippen MR) is 91.7 cm³/mol. The van der Waals surface area contributed by atoms with Crippen molar-refractivity contribution < 1.29 is 4.79 Å². The van der Waals surface area contributed by atoms with Crippen molar-refractivity contribution in [2.75, 3.05) is 24.5 Å². The van der Waals surface area contributed by atoms with Gasteiger partial charge in [-0.2, -0.15) is 0 Å². The lowest BCUT2D eigenvalue weighted by Gasteiger charge is -2.20. The van der Waals surface area contributed by atoms with Gasteiger partial charge < -0.3 is 10.2 Å². The van der Waals surface area contributed by atoms with Gasteiger partial charge in [0, 0.05) is 25.3 Å². The van der Waals surface area contributed by atoms with Gasteiger partial charge in [0.05, 0.1) is 4.91 Å². The molecule has 0 bridgehead atoms. The number of amides is 1. The fourth-order valence-corrected chi connectivity index (χ4v) is 3.05. The molecule has 1 aromatic carbocycles. The normalized spacial score (nSPS) is 18.3. The molecule has 1 saturated heterocycles. The second-order valence-electron chi connectivity index (χ2n) is 4.61. The van der Waals surface area contributed by atoms with Crippen LogP contribution in [0.4, 0.5) is 5.69 Å². The smallest absolute Gasteiger partial charge is 0.264 e.